The third-order valence-corrected chi connectivity index (χ3v) is 3.24. The van der Waals surface area contributed by atoms with Crippen LogP contribution >= 0.6 is 0 Å². The summed E-state index contributed by atoms with van der Waals surface area (Å²) in [6.07, 6.45) is 2.94. The van der Waals surface area contributed by atoms with Crippen molar-refractivity contribution in [1.29, 1.82) is 0 Å². The fourth-order valence-electron chi connectivity index (χ4n) is 2.58. The Bertz CT molecular complexity index is 570. The molecule has 1 aromatic carbocycles. The number of fused-ring (bicyclic) bond motifs is 3. The summed E-state index contributed by atoms with van der Waals surface area (Å²) in [5, 5.41) is 0. The van der Waals surface area contributed by atoms with Gasteiger partial charge in [-0.15, -0.1) is 0 Å². The quantitative estimate of drug-likeness (QED) is 0.720. The third-order valence-electron chi connectivity index (χ3n) is 3.24. The predicted octanol–water partition coefficient (Wildman–Crippen LogP) is 2.55. The molecule has 3 rings (SSSR count). The first-order chi connectivity index (χ1) is 8.15. The third kappa shape index (κ3) is 1.67. The van der Waals surface area contributed by atoms with E-state index < -0.39 is 0 Å². The maximum absolute atomic E-state index is 13.3. The lowest BCUT2D eigenvalue weighted by molar-refractivity contribution is 0.596. The Morgan fingerprint density at radius 3 is 2.94 bits per heavy atom. The summed E-state index contributed by atoms with van der Waals surface area (Å²) in [6.45, 7) is 2.75. The Kier molecular flexibility index (Phi) is 2.30. The molecule has 1 aliphatic rings. The second-order valence-electron chi connectivity index (χ2n) is 4.80. The van der Waals surface area contributed by atoms with Crippen molar-refractivity contribution in [2.24, 2.45) is 5.73 Å². The van der Waals surface area contributed by atoms with Gasteiger partial charge in [0.05, 0.1) is 5.69 Å². The average Bonchev–Trinajstić information content (AvgIpc) is 2.78. The van der Waals surface area contributed by atoms with E-state index in [2.05, 4.69) is 10.6 Å². The molecule has 0 saturated heterocycles. The highest BCUT2D eigenvalue weighted by Crippen LogP contribution is 2.37. The van der Waals surface area contributed by atoms with Gasteiger partial charge in [-0.1, -0.05) is 6.07 Å². The number of nitrogens with two attached hydrogens (primary N) is 1. The molecule has 0 bridgehead atoms. The second kappa shape index (κ2) is 3.70. The first-order valence-corrected chi connectivity index (χ1v) is 5.87. The van der Waals surface area contributed by atoms with Crippen molar-refractivity contribution in [3.05, 3.63) is 47.4 Å². The fourth-order valence-corrected chi connectivity index (χ4v) is 2.58. The van der Waals surface area contributed by atoms with Crippen LogP contribution in [0, 0.1) is 5.82 Å². The molecule has 3 heteroatoms. The molecule has 0 saturated carbocycles. The molecule has 17 heavy (non-hydrogen) atoms. The topological polar surface area (TPSA) is 30.9 Å². The Morgan fingerprint density at radius 1 is 1.35 bits per heavy atom. The van der Waals surface area contributed by atoms with Gasteiger partial charge in [0, 0.05) is 30.8 Å². The summed E-state index contributed by atoms with van der Waals surface area (Å²) < 4.78 is 15.5. The summed E-state index contributed by atoms with van der Waals surface area (Å²) >= 11 is 0. The molecule has 2 N–H and O–H groups in total. The van der Waals surface area contributed by atoms with Gasteiger partial charge in [-0.05, 0) is 36.2 Å². The predicted molar refractivity (Wildman–Crippen MR) is 66.3 cm³/mol. The molecule has 0 aliphatic heterocycles. The van der Waals surface area contributed by atoms with E-state index in [1.807, 2.05) is 19.2 Å². The van der Waals surface area contributed by atoms with Gasteiger partial charge in [0.2, 0.25) is 0 Å². The molecule has 1 heterocycles. The van der Waals surface area contributed by atoms with Crippen molar-refractivity contribution in [1.82, 2.24) is 4.57 Å². The number of benzene rings is 1. The minimum Gasteiger partial charge on any atom is -0.346 e. The van der Waals surface area contributed by atoms with Crippen LogP contribution in [0.2, 0.25) is 0 Å². The highest BCUT2D eigenvalue weighted by Gasteiger charge is 2.22. The van der Waals surface area contributed by atoms with Crippen LogP contribution in [-0.4, -0.2) is 10.6 Å². The van der Waals surface area contributed by atoms with Gasteiger partial charge >= 0.3 is 0 Å². The van der Waals surface area contributed by atoms with E-state index >= 15 is 0 Å². The van der Waals surface area contributed by atoms with Crippen molar-refractivity contribution in [2.45, 2.75) is 25.9 Å². The van der Waals surface area contributed by atoms with Crippen LogP contribution < -0.4 is 5.73 Å². The standard InChI is InChI=1S/C14H15FN2/c1-9(16)8-17-5-4-11-6-10-2-3-12(15)7-13(10)14(11)17/h2-5,7,9H,6,8,16H2,1H3. The van der Waals surface area contributed by atoms with Crippen LogP contribution in [0.15, 0.2) is 30.5 Å². The first-order valence-electron chi connectivity index (χ1n) is 5.87. The number of nitrogens with zero attached hydrogens (tertiary/aromatic N) is 1. The van der Waals surface area contributed by atoms with Gasteiger partial charge in [-0.2, -0.15) is 0 Å². The van der Waals surface area contributed by atoms with E-state index in [9.17, 15) is 4.39 Å². The molecule has 1 aliphatic carbocycles. The molecule has 2 aromatic rings. The number of aromatic nitrogens is 1. The van der Waals surface area contributed by atoms with Crippen LogP contribution in [0.25, 0.3) is 11.3 Å². The first kappa shape index (κ1) is 10.5. The molecule has 0 fully saturated rings. The fraction of sp³-hybridized carbons (Fsp3) is 0.286. The Morgan fingerprint density at radius 2 is 2.18 bits per heavy atom. The zero-order valence-corrected chi connectivity index (χ0v) is 9.78. The van der Waals surface area contributed by atoms with E-state index in [4.69, 9.17) is 5.73 Å². The van der Waals surface area contributed by atoms with Gasteiger partial charge < -0.3 is 10.3 Å². The number of hydrogen-bond donors (Lipinski definition) is 1. The van der Waals surface area contributed by atoms with Crippen LogP contribution in [0.3, 0.4) is 0 Å². The number of rotatable bonds is 2. The Labute approximate surface area is 99.9 Å². The van der Waals surface area contributed by atoms with Crippen LogP contribution in [0.1, 0.15) is 18.1 Å². The SMILES string of the molecule is CC(N)Cn1ccc2c1-c1cc(F)ccc1C2. The minimum atomic E-state index is -0.176. The van der Waals surface area contributed by atoms with Crippen molar-refractivity contribution in [2.75, 3.05) is 0 Å². The molecule has 0 radical (unpaired) electrons. The van der Waals surface area contributed by atoms with Crippen molar-refractivity contribution in [3.8, 4) is 11.3 Å². The number of hydrogen-bond acceptors (Lipinski definition) is 1. The van der Waals surface area contributed by atoms with Crippen molar-refractivity contribution >= 4 is 0 Å². The molecular formula is C14H15FN2. The minimum absolute atomic E-state index is 0.101. The van der Waals surface area contributed by atoms with Gasteiger partial charge in [0.15, 0.2) is 0 Å². The molecule has 0 spiro atoms. The largest absolute Gasteiger partial charge is 0.346 e. The lowest BCUT2D eigenvalue weighted by atomic mass is 10.1. The van der Waals surface area contributed by atoms with E-state index in [1.165, 1.54) is 17.2 Å². The van der Waals surface area contributed by atoms with E-state index in [0.29, 0.717) is 0 Å². The molecule has 1 aromatic heterocycles. The lowest BCUT2D eigenvalue weighted by Gasteiger charge is -2.11. The second-order valence-corrected chi connectivity index (χ2v) is 4.80. The molecule has 88 valence electrons. The van der Waals surface area contributed by atoms with E-state index in [1.54, 1.807) is 6.07 Å². The van der Waals surface area contributed by atoms with Crippen molar-refractivity contribution < 1.29 is 4.39 Å². The maximum atomic E-state index is 13.3. The summed E-state index contributed by atoms with van der Waals surface area (Å²) in [6, 6.07) is 7.24. The van der Waals surface area contributed by atoms with Crippen LogP contribution in [0.5, 0.6) is 0 Å². The van der Waals surface area contributed by atoms with Crippen LogP contribution in [0.4, 0.5) is 4.39 Å². The molecule has 2 nitrogen and oxygen atoms in total. The zero-order valence-electron chi connectivity index (χ0n) is 9.78. The molecule has 0 amide bonds. The van der Waals surface area contributed by atoms with Gasteiger partial charge in [-0.25, -0.2) is 4.39 Å². The van der Waals surface area contributed by atoms with Crippen molar-refractivity contribution in [3.63, 3.8) is 0 Å². The summed E-state index contributed by atoms with van der Waals surface area (Å²) in [5.74, 6) is -0.176. The smallest absolute Gasteiger partial charge is 0.123 e. The van der Waals surface area contributed by atoms with Gasteiger partial charge in [-0.3, -0.25) is 0 Å². The highest BCUT2D eigenvalue weighted by atomic mass is 19.1. The number of halogens is 1. The van der Waals surface area contributed by atoms with E-state index in [-0.39, 0.29) is 11.9 Å². The summed E-state index contributed by atoms with van der Waals surface area (Å²) in [5.41, 5.74) is 10.5. The molecule has 1 atom stereocenters. The summed E-state index contributed by atoms with van der Waals surface area (Å²) in [4.78, 5) is 0. The zero-order chi connectivity index (χ0) is 12.0. The Hall–Kier alpha value is -1.61. The maximum Gasteiger partial charge on any atom is 0.123 e. The highest BCUT2D eigenvalue weighted by molar-refractivity contribution is 5.74. The summed E-state index contributed by atoms with van der Waals surface area (Å²) in [7, 11) is 0. The average molecular weight is 230 g/mol. The molecular weight excluding hydrogens is 215 g/mol. The van der Waals surface area contributed by atoms with E-state index in [0.717, 1.165) is 24.2 Å². The normalized spacial score (nSPS) is 14.5. The Balaban J connectivity index is 2.12. The molecule has 1 unspecified atom stereocenters. The lowest BCUT2D eigenvalue weighted by Crippen LogP contribution is -2.22. The van der Waals surface area contributed by atoms with Crippen LogP contribution in [-0.2, 0) is 13.0 Å². The van der Waals surface area contributed by atoms with Gasteiger partial charge in [0.25, 0.3) is 0 Å². The monoisotopic (exact) mass is 230 g/mol. The van der Waals surface area contributed by atoms with Gasteiger partial charge in [0.1, 0.15) is 5.82 Å².